The molecule has 2 aliphatic heterocycles. The molecule has 0 aromatic heterocycles. The Morgan fingerprint density at radius 3 is 2.96 bits per heavy atom. The first kappa shape index (κ1) is 17.1. The third-order valence-corrected chi connectivity index (χ3v) is 5.10. The van der Waals surface area contributed by atoms with Crippen LogP contribution in [-0.2, 0) is 11.3 Å². The summed E-state index contributed by atoms with van der Waals surface area (Å²) in [5.41, 5.74) is 2.83. The number of rotatable bonds is 4. The van der Waals surface area contributed by atoms with E-state index in [1.807, 2.05) is 0 Å². The van der Waals surface area contributed by atoms with Gasteiger partial charge in [0.2, 0.25) is 0 Å². The molecule has 0 radical (unpaired) electrons. The van der Waals surface area contributed by atoms with Crippen LogP contribution in [0.1, 0.15) is 25.3 Å². The Kier molecular flexibility index (Phi) is 5.29. The molecule has 5 heteroatoms. The molecular weight excluding hydrogens is 300 g/mol. The topological polar surface area (TPSA) is 40.1 Å². The molecule has 5 nitrogen and oxygen atoms in total. The molecular formula is C19H30N4O. The average Bonchev–Trinajstić information content (AvgIpc) is 3.22. The number of anilines is 1. The number of guanidine groups is 1. The summed E-state index contributed by atoms with van der Waals surface area (Å²) in [6.45, 7) is 7.71. The largest absolute Gasteiger partial charge is 0.381 e. The van der Waals surface area contributed by atoms with Gasteiger partial charge in [0, 0.05) is 51.4 Å². The van der Waals surface area contributed by atoms with E-state index in [4.69, 9.17) is 9.73 Å². The summed E-state index contributed by atoms with van der Waals surface area (Å²) in [7, 11) is 4.14. The van der Waals surface area contributed by atoms with E-state index in [0.717, 1.165) is 38.8 Å². The molecule has 1 aromatic rings. The highest BCUT2D eigenvalue weighted by molar-refractivity contribution is 5.80. The molecule has 2 aliphatic rings. The fourth-order valence-electron chi connectivity index (χ4n) is 3.61. The Labute approximate surface area is 145 Å². The molecule has 2 heterocycles. The quantitative estimate of drug-likeness (QED) is 0.679. The zero-order valence-electron chi connectivity index (χ0n) is 15.2. The summed E-state index contributed by atoms with van der Waals surface area (Å²) in [6.07, 6.45) is 2.40. The Morgan fingerprint density at radius 2 is 2.25 bits per heavy atom. The van der Waals surface area contributed by atoms with Gasteiger partial charge in [0.15, 0.2) is 5.96 Å². The zero-order valence-corrected chi connectivity index (χ0v) is 15.2. The van der Waals surface area contributed by atoms with Crippen LogP contribution in [0.25, 0.3) is 0 Å². The van der Waals surface area contributed by atoms with Crippen molar-refractivity contribution in [2.75, 3.05) is 51.8 Å². The molecule has 1 unspecified atom stereocenters. The highest BCUT2D eigenvalue weighted by Gasteiger charge is 2.42. The first-order valence-electron chi connectivity index (χ1n) is 8.99. The maximum Gasteiger partial charge on any atom is 0.194 e. The van der Waals surface area contributed by atoms with Crippen LogP contribution in [0.3, 0.4) is 0 Å². The molecule has 1 aromatic carbocycles. The first-order valence-corrected chi connectivity index (χ1v) is 8.99. The van der Waals surface area contributed by atoms with Crippen molar-refractivity contribution in [3.05, 3.63) is 29.8 Å². The monoisotopic (exact) mass is 330 g/mol. The second kappa shape index (κ2) is 7.43. The Morgan fingerprint density at radius 1 is 1.38 bits per heavy atom. The van der Waals surface area contributed by atoms with E-state index in [0.29, 0.717) is 12.0 Å². The minimum atomic E-state index is 0.362. The second-order valence-electron chi connectivity index (χ2n) is 7.21. The fraction of sp³-hybridized carbons (Fsp3) is 0.632. The van der Waals surface area contributed by atoms with Gasteiger partial charge < -0.3 is 19.9 Å². The Bertz CT molecular complexity index is 578. The minimum absolute atomic E-state index is 0.362. The van der Waals surface area contributed by atoms with Crippen LogP contribution in [0.15, 0.2) is 29.3 Å². The number of aliphatic imine (C=N–C) groups is 1. The van der Waals surface area contributed by atoms with Gasteiger partial charge in [-0.25, -0.2) is 4.99 Å². The minimum Gasteiger partial charge on any atom is -0.381 e. The molecule has 132 valence electrons. The lowest BCUT2D eigenvalue weighted by Crippen LogP contribution is -2.41. The van der Waals surface area contributed by atoms with Crippen LogP contribution in [0, 0.1) is 5.41 Å². The highest BCUT2D eigenvalue weighted by Crippen LogP contribution is 2.38. The number of nitrogens with zero attached hydrogens (tertiary/aromatic N) is 3. The summed E-state index contributed by atoms with van der Waals surface area (Å²) in [4.78, 5) is 9.43. The van der Waals surface area contributed by atoms with Crippen molar-refractivity contribution in [3.63, 3.8) is 0 Å². The number of hydrogen-bond acceptors (Lipinski definition) is 3. The van der Waals surface area contributed by atoms with Crippen LogP contribution in [0.2, 0.25) is 0 Å². The molecule has 2 saturated heterocycles. The number of benzene rings is 1. The van der Waals surface area contributed by atoms with E-state index >= 15 is 0 Å². The Hall–Kier alpha value is -1.75. The van der Waals surface area contributed by atoms with Gasteiger partial charge >= 0.3 is 0 Å². The van der Waals surface area contributed by atoms with Crippen molar-refractivity contribution >= 4 is 11.6 Å². The van der Waals surface area contributed by atoms with E-state index in [-0.39, 0.29) is 0 Å². The third kappa shape index (κ3) is 3.83. The van der Waals surface area contributed by atoms with E-state index in [1.54, 1.807) is 0 Å². The van der Waals surface area contributed by atoms with E-state index in [1.165, 1.54) is 24.1 Å². The summed E-state index contributed by atoms with van der Waals surface area (Å²) in [6, 6.07) is 8.59. The molecule has 1 atom stereocenters. The maximum atomic E-state index is 5.64. The maximum absolute atomic E-state index is 5.64. The molecule has 0 bridgehead atoms. The Balaban J connectivity index is 1.69. The van der Waals surface area contributed by atoms with Crippen LogP contribution < -0.4 is 10.2 Å². The molecule has 1 N–H and O–H groups in total. The van der Waals surface area contributed by atoms with Crippen molar-refractivity contribution in [1.29, 1.82) is 0 Å². The van der Waals surface area contributed by atoms with Crippen LogP contribution >= 0.6 is 0 Å². The second-order valence-corrected chi connectivity index (χ2v) is 7.21. The SMILES string of the molecule is CCNC(=NCc1cccc(N(C)C)c1)N1CCC2(CCOC2)C1. The molecule has 24 heavy (non-hydrogen) atoms. The molecule has 0 saturated carbocycles. The average molecular weight is 330 g/mol. The number of likely N-dealkylation sites (tertiary alicyclic amines) is 1. The van der Waals surface area contributed by atoms with Gasteiger partial charge in [-0.05, 0) is 37.5 Å². The lowest BCUT2D eigenvalue weighted by molar-refractivity contribution is 0.156. The number of nitrogens with one attached hydrogen (secondary N) is 1. The number of hydrogen-bond donors (Lipinski definition) is 1. The third-order valence-electron chi connectivity index (χ3n) is 5.10. The van der Waals surface area contributed by atoms with Gasteiger partial charge in [-0.1, -0.05) is 12.1 Å². The van der Waals surface area contributed by atoms with Gasteiger partial charge in [0.25, 0.3) is 0 Å². The predicted octanol–water partition coefficient (Wildman–Crippen LogP) is 2.33. The van der Waals surface area contributed by atoms with Crippen molar-refractivity contribution < 1.29 is 4.74 Å². The van der Waals surface area contributed by atoms with Gasteiger partial charge in [-0.15, -0.1) is 0 Å². The normalized spacial score (nSPS) is 24.0. The summed E-state index contributed by atoms with van der Waals surface area (Å²) < 4.78 is 5.64. The van der Waals surface area contributed by atoms with E-state index in [9.17, 15) is 0 Å². The van der Waals surface area contributed by atoms with Crippen molar-refractivity contribution in [3.8, 4) is 0 Å². The predicted molar refractivity (Wildman–Crippen MR) is 99.6 cm³/mol. The zero-order chi connectivity index (χ0) is 17.0. The first-order chi connectivity index (χ1) is 11.6. The van der Waals surface area contributed by atoms with Gasteiger partial charge in [0.05, 0.1) is 13.2 Å². The summed E-state index contributed by atoms with van der Waals surface area (Å²) in [5.74, 6) is 1.04. The van der Waals surface area contributed by atoms with Crippen LogP contribution in [0.5, 0.6) is 0 Å². The number of ether oxygens (including phenoxy) is 1. The lowest BCUT2D eigenvalue weighted by atomic mass is 9.87. The summed E-state index contributed by atoms with van der Waals surface area (Å²) >= 11 is 0. The van der Waals surface area contributed by atoms with Crippen molar-refractivity contribution in [2.45, 2.75) is 26.3 Å². The van der Waals surface area contributed by atoms with Crippen LogP contribution in [-0.4, -0.2) is 57.8 Å². The molecule has 0 amide bonds. The molecule has 0 aliphatic carbocycles. The van der Waals surface area contributed by atoms with Gasteiger partial charge in [-0.2, -0.15) is 0 Å². The lowest BCUT2D eigenvalue weighted by Gasteiger charge is -2.25. The smallest absolute Gasteiger partial charge is 0.194 e. The molecule has 2 fully saturated rings. The highest BCUT2D eigenvalue weighted by atomic mass is 16.5. The van der Waals surface area contributed by atoms with Crippen LogP contribution in [0.4, 0.5) is 5.69 Å². The van der Waals surface area contributed by atoms with Gasteiger partial charge in [0.1, 0.15) is 0 Å². The van der Waals surface area contributed by atoms with Crippen molar-refractivity contribution in [2.24, 2.45) is 10.4 Å². The summed E-state index contributed by atoms with van der Waals surface area (Å²) in [5, 5.41) is 3.46. The van der Waals surface area contributed by atoms with Gasteiger partial charge in [-0.3, -0.25) is 0 Å². The van der Waals surface area contributed by atoms with E-state index < -0.39 is 0 Å². The molecule has 3 rings (SSSR count). The van der Waals surface area contributed by atoms with E-state index in [2.05, 4.69) is 60.4 Å². The fourth-order valence-corrected chi connectivity index (χ4v) is 3.61. The van der Waals surface area contributed by atoms with Crippen molar-refractivity contribution in [1.82, 2.24) is 10.2 Å². The molecule has 1 spiro atoms. The standard InChI is InChI=1S/C19H30N4O/c1-4-20-18(23-10-8-19(14-23)9-11-24-15-19)21-13-16-6-5-7-17(12-16)22(2)3/h5-7,12H,4,8-11,13-15H2,1-3H3,(H,20,21).